The predicted octanol–water partition coefficient (Wildman–Crippen LogP) is 2.16. The molecular formula is C12H24ClNO3. The Balaban J connectivity index is 0.00000256. The Morgan fingerprint density at radius 2 is 2.12 bits per heavy atom. The second-order valence-electron chi connectivity index (χ2n) is 5.27. The number of morpholine rings is 1. The van der Waals surface area contributed by atoms with Crippen molar-refractivity contribution < 1.29 is 14.6 Å². The van der Waals surface area contributed by atoms with Crippen LogP contribution in [0.1, 0.15) is 40.0 Å². The summed E-state index contributed by atoms with van der Waals surface area (Å²) in [6.45, 7) is 9.16. The predicted molar refractivity (Wildman–Crippen MR) is 69.8 cm³/mol. The highest BCUT2D eigenvalue weighted by atomic mass is 35.5. The molecule has 1 heterocycles. The molecule has 0 bridgehead atoms. The number of carboxylic acid groups (broad SMARTS) is 1. The zero-order chi connectivity index (χ0) is 12.2. The van der Waals surface area contributed by atoms with Crippen molar-refractivity contribution in [3.05, 3.63) is 0 Å². The van der Waals surface area contributed by atoms with Gasteiger partial charge in [-0.2, -0.15) is 0 Å². The van der Waals surface area contributed by atoms with Crippen LogP contribution in [0, 0.1) is 0 Å². The van der Waals surface area contributed by atoms with Crippen LogP contribution in [0.2, 0.25) is 0 Å². The molecule has 0 amide bonds. The minimum atomic E-state index is -0.698. The Kier molecular flexibility index (Phi) is 7.05. The van der Waals surface area contributed by atoms with Crippen molar-refractivity contribution in [3.63, 3.8) is 0 Å². The molecule has 0 radical (unpaired) electrons. The molecule has 5 heteroatoms. The van der Waals surface area contributed by atoms with Crippen LogP contribution in [-0.4, -0.2) is 47.3 Å². The average Bonchev–Trinajstić information content (AvgIpc) is 2.08. The first-order valence-corrected chi connectivity index (χ1v) is 6.01. The molecule has 1 rings (SSSR count). The Bertz CT molecular complexity index is 246. The summed E-state index contributed by atoms with van der Waals surface area (Å²) >= 11 is 0. The largest absolute Gasteiger partial charge is 0.481 e. The second kappa shape index (κ2) is 7.19. The number of carbonyl (C=O) groups is 1. The summed E-state index contributed by atoms with van der Waals surface area (Å²) in [4.78, 5) is 12.7. The van der Waals surface area contributed by atoms with Crippen LogP contribution in [0.25, 0.3) is 0 Å². The highest BCUT2D eigenvalue weighted by Gasteiger charge is 2.30. The molecule has 0 aromatic heterocycles. The SMILES string of the molecule is CC1CN(CCCCC(=O)O)CC(C)(C)O1.Cl. The fraction of sp³-hybridized carbons (Fsp3) is 0.917. The lowest BCUT2D eigenvalue weighted by molar-refractivity contribution is -0.137. The lowest BCUT2D eigenvalue weighted by Crippen LogP contribution is -2.51. The van der Waals surface area contributed by atoms with Gasteiger partial charge in [-0.15, -0.1) is 12.4 Å². The van der Waals surface area contributed by atoms with E-state index >= 15 is 0 Å². The zero-order valence-electron chi connectivity index (χ0n) is 10.9. The van der Waals surface area contributed by atoms with Gasteiger partial charge in [-0.3, -0.25) is 9.69 Å². The first-order valence-electron chi connectivity index (χ1n) is 6.01. The summed E-state index contributed by atoms with van der Waals surface area (Å²) in [5.41, 5.74) is -0.0789. The van der Waals surface area contributed by atoms with Gasteiger partial charge in [0.15, 0.2) is 0 Å². The van der Waals surface area contributed by atoms with Crippen LogP contribution >= 0.6 is 12.4 Å². The van der Waals surface area contributed by atoms with Crippen LogP contribution in [0.4, 0.5) is 0 Å². The van der Waals surface area contributed by atoms with E-state index in [1.54, 1.807) is 0 Å². The first kappa shape index (κ1) is 16.7. The van der Waals surface area contributed by atoms with Gasteiger partial charge in [0.05, 0.1) is 11.7 Å². The molecule has 1 aliphatic rings. The average molecular weight is 266 g/mol. The van der Waals surface area contributed by atoms with Gasteiger partial charge in [-0.1, -0.05) is 0 Å². The number of hydrogen-bond acceptors (Lipinski definition) is 3. The maximum atomic E-state index is 10.4. The van der Waals surface area contributed by atoms with E-state index < -0.39 is 5.97 Å². The van der Waals surface area contributed by atoms with Gasteiger partial charge in [-0.05, 0) is 40.2 Å². The molecule has 1 atom stereocenters. The molecule has 0 aliphatic carbocycles. The molecule has 0 spiro atoms. The smallest absolute Gasteiger partial charge is 0.303 e. The van der Waals surface area contributed by atoms with Crippen molar-refractivity contribution in [1.29, 1.82) is 0 Å². The molecule has 0 saturated carbocycles. The molecule has 4 nitrogen and oxygen atoms in total. The van der Waals surface area contributed by atoms with Crippen molar-refractivity contribution in [2.75, 3.05) is 19.6 Å². The second-order valence-corrected chi connectivity index (χ2v) is 5.27. The zero-order valence-corrected chi connectivity index (χ0v) is 11.8. The van der Waals surface area contributed by atoms with Crippen molar-refractivity contribution in [3.8, 4) is 0 Å². The van der Waals surface area contributed by atoms with Gasteiger partial charge >= 0.3 is 5.97 Å². The third kappa shape index (κ3) is 6.86. The van der Waals surface area contributed by atoms with Gasteiger partial charge in [0.2, 0.25) is 0 Å². The van der Waals surface area contributed by atoms with Crippen LogP contribution < -0.4 is 0 Å². The van der Waals surface area contributed by atoms with Gasteiger partial charge in [0, 0.05) is 19.5 Å². The summed E-state index contributed by atoms with van der Waals surface area (Å²) in [5.74, 6) is -0.698. The fourth-order valence-corrected chi connectivity index (χ4v) is 2.37. The quantitative estimate of drug-likeness (QED) is 0.774. The van der Waals surface area contributed by atoms with Crippen LogP contribution in [0.5, 0.6) is 0 Å². The van der Waals surface area contributed by atoms with E-state index in [2.05, 4.69) is 25.7 Å². The molecule has 17 heavy (non-hydrogen) atoms. The maximum absolute atomic E-state index is 10.4. The van der Waals surface area contributed by atoms with E-state index in [9.17, 15) is 4.79 Å². The van der Waals surface area contributed by atoms with Gasteiger partial charge in [0.25, 0.3) is 0 Å². The van der Waals surface area contributed by atoms with Gasteiger partial charge < -0.3 is 9.84 Å². The van der Waals surface area contributed by atoms with E-state index in [0.717, 1.165) is 32.5 Å². The topological polar surface area (TPSA) is 49.8 Å². The lowest BCUT2D eigenvalue weighted by atomic mass is 10.1. The number of halogens is 1. The van der Waals surface area contributed by atoms with E-state index in [1.165, 1.54) is 0 Å². The minimum Gasteiger partial charge on any atom is -0.481 e. The number of unbranched alkanes of at least 4 members (excludes halogenated alkanes) is 1. The van der Waals surface area contributed by atoms with Crippen molar-refractivity contribution in [2.45, 2.75) is 51.7 Å². The highest BCUT2D eigenvalue weighted by Crippen LogP contribution is 2.20. The number of carboxylic acids is 1. The molecule has 102 valence electrons. The summed E-state index contributed by atoms with van der Waals surface area (Å²) in [6, 6.07) is 0. The molecule has 1 saturated heterocycles. The van der Waals surface area contributed by atoms with E-state index in [1.807, 2.05) is 0 Å². The van der Waals surface area contributed by atoms with Crippen LogP contribution in [0.15, 0.2) is 0 Å². The first-order chi connectivity index (χ1) is 7.39. The summed E-state index contributed by atoms with van der Waals surface area (Å²) in [5, 5.41) is 8.54. The van der Waals surface area contributed by atoms with Gasteiger partial charge in [0.1, 0.15) is 0 Å². The van der Waals surface area contributed by atoms with E-state index in [0.29, 0.717) is 0 Å². The fourth-order valence-electron chi connectivity index (χ4n) is 2.37. The van der Waals surface area contributed by atoms with Gasteiger partial charge in [-0.25, -0.2) is 0 Å². The third-order valence-electron chi connectivity index (χ3n) is 2.75. The molecule has 0 aromatic rings. The molecule has 1 aliphatic heterocycles. The van der Waals surface area contributed by atoms with E-state index in [-0.39, 0.29) is 30.5 Å². The Labute approximate surface area is 110 Å². The normalized spacial score (nSPS) is 24.1. The molecule has 1 unspecified atom stereocenters. The Morgan fingerprint density at radius 3 is 2.65 bits per heavy atom. The number of aliphatic carboxylic acids is 1. The van der Waals surface area contributed by atoms with Crippen LogP contribution in [0.3, 0.4) is 0 Å². The third-order valence-corrected chi connectivity index (χ3v) is 2.75. The van der Waals surface area contributed by atoms with Crippen molar-refractivity contribution in [2.24, 2.45) is 0 Å². The lowest BCUT2D eigenvalue weighted by Gasteiger charge is -2.41. The summed E-state index contributed by atoms with van der Waals surface area (Å²) in [7, 11) is 0. The van der Waals surface area contributed by atoms with Crippen molar-refractivity contribution in [1.82, 2.24) is 4.90 Å². The molecule has 0 aromatic carbocycles. The minimum absolute atomic E-state index is 0. The highest BCUT2D eigenvalue weighted by molar-refractivity contribution is 5.85. The Morgan fingerprint density at radius 1 is 1.47 bits per heavy atom. The summed E-state index contributed by atoms with van der Waals surface area (Å²) in [6.07, 6.45) is 2.27. The molecular weight excluding hydrogens is 242 g/mol. The van der Waals surface area contributed by atoms with E-state index in [4.69, 9.17) is 9.84 Å². The molecule has 1 fully saturated rings. The monoisotopic (exact) mass is 265 g/mol. The molecule has 1 N–H and O–H groups in total. The Hall–Kier alpha value is -0.320. The number of rotatable bonds is 5. The maximum Gasteiger partial charge on any atom is 0.303 e. The van der Waals surface area contributed by atoms with Crippen LogP contribution in [-0.2, 0) is 9.53 Å². The standard InChI is InChI=1S/C12H23NO3.ClH/c1-10-8-13(9-12(2,3)16-10)7-5-4-6-11(14)15;/h10H,4-9H2,1-3H3,(H,14,15);1H. The van der Waals surface area contributed by atoms with Crippen molar-refractivity contribution >= 4 is 18.4 Å². The number of hydrogen-bond donors (Lipinski definition) is 1. The number of nitrogens with zero attached hydrogens (tertiary/aromatic N) is 1. The summed E-state index contributed by atoms with van der Waals surface area (Å²) < 4.78 is 5.81. The number of ether oxygens (including phenoxy) is 1.